The summed E-state index contributed by atoms with van der Waals surface area (Å²) in [6, 6.07) is 7.84. The molecule has 0 unspecified atom stereocenters. The predicted octanol–water partition coefficient (Wildman–Crippen LogP) is 3.61. The summed E-state index contributed by atoms with van der Waals surface area (Å²) in [6.07, 6.45) is 5.17. The smallest absolute Gasteiger partial charge is 0.0438 e. The molecule has 3 heteroatoms. The fourth-order valence-corrected chi connectivity index (χ4v) is 3.16. The molecule has 1 aliphatic rings. The molecule has 1 aromatic carbocycles. The van der Waals surface area contributed by atoms with Crippen LogP contribution in [0.1, 0.15) is 36.8 Å². The monoisotopic (exact) mass is 280 g/mol. The second-order valence-electron chi connectivity index (χ2n) is 5.79. The largest absolute Gasteiger partial charge is 0.317 e. The van der Waals surface area contributed by atoms with Crippen molar-refractivity contribution in [1.82, 2.24) is 10.2 Å². The third-order valence-corrected chi connectivity index (χ3v) is 4.80. The van der Waals surface area contributed by atoms with E-state index in [4.69, 9.17) is 11.6 Å². The molecule has 1 saturated carbocycles. The zero-order valence-electron chi connectivity index (χ0n) is 12.2. The van der Waals surface area contributed by atoms with E-state index < -0.39 is 0 Å². The molecule has 0 amide bonds. The van der Waals surface area contributed by atoms with Crippen molar-refractivity contribution < 1.29 is 0 Å². The quantitative estimate of drug-likeness (QED) is 0.906. The normalized spacial score (nSPS) is 23.8. The lowest BCUT2D eigenvalue weighted by Crippen LogP contribution is -2.39. The summed E-state index contributed by atoms with van der Waals surface area (Å²) in [5.41, 5.74) is 2.47. The lowest BCUT2D eigenvalue weighted by Gasteiger charge is -2.34. The lowest BCUT2D eigenvalue weighted by molar-refractivity contribution is 0.170. The first kappa shape index (κ1) is 14.8. The first-order valence-electron chi connectivity index (χ1n) is 7.22. The van der Waals surface area contributed by atoms with Crippen LogP contribution in [0, 0.1) is 6.92 Å². The Morgan fingerprint density at radius 1 is 1.26 bits per heavy atom. The Balaban J connectivity index is 1.90. The number of hydrogen-bond donors (Lipinski definition) is 1. The maximum absolute atomic E-state index is 6.19. The van der Waals surface area contributed by atoms with E-state index in [0.717, 1.165) is 23.2 Å². The highest BCUT2D eigenvalue weighted by Gasteiger charge is 2.22. The van der Waals surface area contributed by atoms with Gasteiger partial charge in [-0.3, -0.25) is 4.90 Å². The van der Waals surface area contributed by atoms with Gasteiger partial charge in [0.15, 0.2) is 0 Å². The van der Waals surface area contributed by atoms with Crippen molar-refractivity contribution in [1.29, 1.82) is 0 Å². The van der Waals surface area contributed by atoms with E-state index >= 15 is 0 Å². The number of aryl methyl sites for hydroxylation is 1. The van der Waals surface area contributed by atoms with Gasteiger partial charge in [-0.2, -0.15) is 0 Å². The molecule has 0 radical (unpaired) electrons. The van der Waals surface area contributed by atoms with Gasteiger partial charge in [0.25, 0.3) is 0 Å². The Hall–Kier alpha value is -0.570. The number of halogens is 1. The van der Waals surface area contributed by atoms with Crippen molar-refractivity contribution >= 4 is 11.6 Å². The van der Waals surface area contributed by atoms with Crippen LogP contribution in [0.15, 0.2) is 18.2 Å². The van der Waals surface area contributed by atoms with E-state index in [1.54, 1.807) is 0 Å². The van der Waals surface area contributed by atoms with Gasteiger partial charge in [-0.1, -0.05) is 23.7 Å². The number of rotatable bonds is 4. The Labute approximate surface area is 122 Å². The van der Waals surface area contributed by atoms with Crippen LogP contribution in [0.4, 0.5) is 0 Å². The summed E-state index contributed by atoms with van der Waals surface area (Å²) >= 11 is 6.19. The highest BCUT2D eigenvalue weighted by molar-refractivity contribution is 6.31. The number of benzene rings is 1. The van der Waals surface area contributed by atoms with Crippen molar-refractivity contribution in [3.8, 4) is 0 Å². The van der Waals surface area contributed by atoms with Gasteiger partial charge in [0, 0.05) is 23.7 Å². The van der Waals surface area contributed by atoms with Crippen LogP contribution >= 0.6 is 11.6 Å². The molecule has 0 spiro atoms. The van der Waals surface area contributed by atoms with Crippen molar-refractivity contribution in [2.24, 2.45) is 0 Å². The molecule has 1 N–H and O–H groups in total. The number of nitrogens with one attached hydrogen (secondary N) is 1. The molecule has 1 aromatic rings. The lowest BCUT2D eigenvalue weighted by atomic mass is 9.90. The Bertz CT molecular complexity index is 411. The summed E-state index contributed by atoms with van der Waals surface area (Å²) < 4.78 is 0. The van der Waals surface area contributed by atoms with Gasteiger partial charge in [0.1, 0.15) is 0 Å². The van der Waals surface area contributed by atoms with Crippen molar-refractivity contribution in [2.75, 3.05) is 14.1 Å². The summed E-state index contributed by atoms with van der Waals surface area (Å²) in [7, 11) is 4.31. The third kappa shape index (κ3) is 3.95. The molecule has 0 heterocycles. The molecular formula is C16H25ClN2. The van der Waals surface area contributed by atoms with Gasteiger partial charge in [-0.15, -0.1) is 0 Å². The molecule has 106 valence electrons. The van der Waals surface area contributed by atoms with Crippen LogP contribution in [0.2, 0.25) is 5.02 Å². The maximum Gasteiger partial charge on any atom is 0.0438 e. The van der Waals surface area contributed by atoms with E-state index in [1.165, 1.54) is 31.2 Å². The predicted molar refractivity (Wildman–Crippen MR) is 82.8 cm³/mol. The van der Waals surface area contributed by atoms with Gasteiger partial charge < -0.3 is 5.32 Å². The summed E-state index contributed by atoms with van der Waals surface area (Å²) in [5.74, 6) is 0. The highest BCUT2D eigenvalue weighted by atomic mass is 35.5. The van der Waals surface area contributed by atoms with E-state index in [1.807, 2.05) is 0 Å². The second-order valence-corrected chi connectivity index (χ2v) is 6.20. The van der Waals surface area contributed by atoms with Crippen LogP contribution in [0.5, 0.6) is 0 Å². The van der Waals surface area contributed by atoms with Gasteiger partial charge in [-0.25, -0.2) is 0 Å². The Morgan fingerprint density at radius 2 is 1.95 bits per heavy atom. The van der Waals surface area contributed by atoms with Crippen LogP contribution in [-0.2, 0) is 6.54 Å². The molecule has 2 rings (SSSR count). The molecule has 1 fully saturated rings. The topological polar surface area (TPSA) is 15.3 Å². The third-order valence-electron chi connectivity index (χ3n) is 4.40. The molecule has 0 atom stereocenters. The van der Waals surface area contributed by atoms with Crippen molar-refractivity contribution in [2.45, 2.75) is 51.2 Å². The Kier molecular flexibility index (Phi) is 5.26. The first-order valence-corrected chi connectivity index (χ1v) is 7.60. The molecule has 1 aliphatic carbocycles. The summed E-state index contributed by atoms with van der Waals surface area (Å²) in [5, 5.41) is 4.27. The standard InChI is InChI=1S/C16H25ClN2/c1-12-4-5-13(10-16(12)17)11-19(3)15-8-6-14(18-2)7-9-15/h4-5,10,14-15,18H,6-9,11H2,1-3H3. The highest BCUT2D eigenvalue weighted by Crippen LogP contribution is 2.24. The summed E-state index contributed by atoms with van der Waals surface area (Å²) in [4.78, 5) is 2.48. The fourth-order valence-electron chi connectivity index (χ4n) is 2.96. The summed E-state index contributed by atoms with van der Waals surface area (Å²) in [6.45, 7) is 3.05. The zero-order chi connectivity index (χ0) is 13.8. The fraction of sp³-hybridized carbons (Fsp3) is 0.625. The minimum atomic E-state index is 0.713. The van der Waals surface area contributed by atoms with Crippen LogP contribution < -0.4 is 5.32 Å². The average Bonchev–Trinajstić information content (AvgIpc) is 2.43. The van der Waals surface area contributed by atoms with E-state index in [0.29, 0.717) is 6.04 Å². The number of nitrogens with zero attached hydrogens (tertiary/aromatic N) is 1. The minimum absolute atomic E-state index is 0.713. The first-order chi connectivity index (χ1) is 9.10. The molecule has 0 aliphatic heterocycles. The second kappa shape index (κ2) is 6.74. The molecular weight excluding hydrogens is 256 g/mol. The molecule has 0 aromatic heterocycles. The zero-order valence-corrected chi connectivity index (χ0v) is 13.0. The van der Waals surface area contributed by atoms with Crippen molar-refractivity contribution in [3.63, 3.8) is 0 Å². The van der Waals surface area contributed by atoms with Gasteiger partial charge >= 0.3 is 0 Å². The van der Waals surface area contributed by atoms with Crippen molar-refractivity contribution in [3.05, 3.63) is 34.3 Å². The maximum atomic E-state index is 6.19. The van der Waals surface area contributed by atoms with Crippen LogP contribution in [0.3, 0.4) is 0 Å². The SMILES string of the molecule is CNC1CCC(N(C)Cc2ccc(C)c(Cl)c2)CC1. The van der Waals surface area contributed by atoms with Gasteiger partial charge in [0.2, 0.25) is 0 Å². The molecule has 0 bridgehead atoms. The van der Waals surface area contributed by atoms with E-state index in [-0.39, 0.29) is 0 Å². The number of hydrogen-bond acceptors (Lipinski definition) is 2. The van der Waals surface area contributed by atoms with Gasteiger partial charge in [0.05, 0.1) is 0 Å². The minimum Gasteiger partial charge on any atom is -0.317 e. The molecule has 19 heavy (non-hydrogen) atoms. The van der Waals surface area contributed by atoms with Crippen LogP contribution in [-0.4, -0.2) is 31.1 Å². The molecule has 0 saturated heterocycles. The van der Waals surface area contributed by atoms with Gasteiger partial charge in [-0.05, 0) is 63.9 Å². The molecule has 2 nitrogen and oxygen atoms in total. The average molecular weight is 281 g/mol. The van der Waals surface area contributed by atoms with E-state index in [9.17, 15) is 0 Å². The Morgan fingerprint density at radius 3 is 2.53 bits per heavy atom. The van der Waals surface area contributed by atoms with E-state index in [2.05, 4.69) is 49.4 Å². The van der Waals surface area contributed by atoms with Crippen LogP contribution in [0.25, 0.3) is 0 Å².